The van der Waals surface area contributed by atoms with Crippen LogP contribution in [0.5, 0.6) is 0 Å². The summed E-state index contributed by atoms with van der Waals surface area (Å²) in [7, 11) is 4.17. The van der Waals surface area contributed by atoms with Gasteiger partial charge in [0.2, 0.25) is 0 Å². The first-order valence-electron chi connectivity index (χ1n) is 8.24. The zero-order valence-corrected chi connectivity index (χ0v) is 14.2. The minimum absolute atomic E-state index is 0.653. The second-order valence-corrected chi connectivity index (χ2v) is 6.62. The first-order chi connectivity index (χ1) is 9.54. The van der Waals surface area contributed by atoms with E-state index in [2.05, 4.69) is 50.0 Å². The molecule has 20 heavy (non-hydrogen) atoms. The molecule has 1 fully saturated rings. The molecule has 0 aliphatic carbocycles. The van der Waals surface area contributed by atoms with E-state index in [1.54, 1.807) is 0 Å². The molecule has 0 aromatic heterocycles. The molecule has 2 unspecified atom stereocenters. The van der Waals surface area contributed by atoms with Crippen molar-refractivity contribution in [1.29, 1.82) is 0 Å². The van der Waals surface area contributed by atoms with Crippen molar-refractivity contribution in [3.8, 4) is 0 Å². The van der Waals surface area contributed by atoms with Gasteiger partial charge in [-0.15, -0.1) is 0 Å². The van der Waals surface area contributed by atoms with Gasteiger partial charge in [-0.25, -0.2) is 0 Å². The standard InChI is InChI=1S/C16H35N3O/c1-6-7-15-13-19(16(12-17-15)14(2)3)9-11-20-10-8-18(4)5/h14-17H,6-13H2,1-5H3. The topological polar surface area (TPSA) is 27.7 Å². The summed E-state index contributed by atoms with van der Waals surface area (Å²) in [6.45, 7) is 13.0. The second-order valence-electron chi connectivity index (χ2n) is 6.62. The van der Waals surface area contributed by atoms with Crippen LogP contribution < -0.4 is 5.32 Å². The maximum absolute atomic E-state index is 5.77. The van der Waals surface area contributed by atoms with Gasteiger partial charge in [-0.2, -0.15) is 0 Å². The average Bonchev–Trinajstić information content (AvgIpc) is 2.38. The number of nitrogens with one attached hydrogen (secondary N) is 1. The van der Waals surface area contributed by atoms with E-state index in [1.165, 1.54) is 19.4 Å². The molecule has 0 spiro atoms. The zero-order valence-electron chi connectivity index (χ0n) is 14.2. The van der Waals surface area contributed by atoms with E-state index in [0.717, 1.165) is 32.8 Å². The van der Waals surface area contributed by atoms with Crippen molar-refractivity contribution in [1.82, 2.24) is 15.1 Å². The van der Waals surface area contributed by atoms with E-state index in [1.807, 2.05) is 0 Å². The summed E-state index contributed by atoms with van der Waals surface area (Å²) in [6.07, 6.45) is 2.54. The van der Waals surface area contributed by atoms with Crippen LogP contribution in [0.2, 0.25) is 0 Å². The lowest BCUT2D eigenvalue weighted by molar-refractivity contribution is 0.0452. The van der Waals surface area contributed by atoms with Crippen molar-refractivity contribution < 1.29 is 4.74 Å². The summed E-state index contributed by atoms with van der Waals surface area (Å²) in [5, 5.41) is 3.71. The van der Waals surface area contributed by atoms with Crippen LogP contribution in [-0.4, -0.2) is 75.4 Å². The van der Waals surface area contributed by atoms with Crippen molar-refractivity contribution in [3.63, 3.8) is 0 Å². The van der Waals surface area contributed by atoms with Crippen LogP contribution in [0.15, 0.2) is 0 Å². The van der Waals surface area contributed by atoms with E-state index in [9.17, 15) is 0 Å². The molecule has 0 saturated carbocycles. The molecule has 0 aromatic rings. The molecule has 1 saturated heterocycles. The van der Waals surface area contributed by atoms with Gasteiger partial charge in [0.15, 0.2) is 0 Å². The van der Waals surface area contributed by atoms with Crippen LogP contribution in [0.4, 0.5) is 0 Å². The predicted molar refractivity (Wildman–Crippen MR) is 86.3 cm³/mol. The fourth-order valence-electron chi connectivity index (χ4n) is 2.89. The molecule has 120 valence electrons. The highest BCUT2D eigenvalue weighted by atomic mass is 16.5. The van der Waals surface area contributed by atoms with E-state index >= 15 is 0 Å². The Kier molecular flexibility index (Phi) is 8.69. The minimum Gasteiger partial charge on any atom is -0.379 e. The van der Waals surface area contributed by atoms with Gasteiger partial charge in [0, 0.05) is 38.3 Å². The Balaban J connectivity index is 2.32. The highest BCUT2D eigenvalue weighted by molar-refractivity contribution is 4.87. The number of piperazine rings is 1. The number of ether oxygens (including phenoxy) is 1. The molecule has 1 rings (SSSR count). The molecule has 0 amide bonds. The Morgan fingerprint density at radius 3 is 2.65 bits per heavy atom. The second kappa shape index (κ2) is 9.72. The maximum Gasteiger partial charge on any atom is 0.0594 e. The van der Waals surface area contributed by atoms with Crippen LogP contribution in [0.3, 0.4) is 0 Å². The number of hydrogen-bond donors (Lipinski definition) is 1. The lowest BCUT2D eigenvalue weighted by Gasteiger charge is -2.42. The summed E-state index contributed by atoms with van der Waals surface area (Å²) >= 11 is 0. The minimum atomic E-state index is 0.653. The summed E-state index contributed by atoms with van der Waals surface area (Å²) in [5.74, 6) is 0.701. The molecular weight excluding hydrogens is 250 g/mol. The van der Waals surface area contributed by atoms with Crippen LogP contribution >= 0.6 is 0 Å². The Hall–Kier alpha value is -0.160. The van der Waals surface area contributed by atoms with Gasteiger partial charge in [-0.1, -0.05) is 27.2 Å². The number of likely N-dealkylation sites (N-methyl/N-ethyl adjacent to an activating group) is 1. The molecule has 1 N–H and O–H groups in total. The van der Waals surface area contributed by atoms with Gasteiger partial charge in [0.1, 0.15) is 0 Å². The van der Waals surface area contributed by atoms with Crippen LogP contribution in [0, 0.1) is 5.92 Å². The van der Waals surface area contributed by atoms with E-state index in [4.69, 9.17) is 4.74 Å². The zero-order chi connectivity index (χ0) is 15.0. The van der Waals surface area contributed by atoms with Gasteiger partial charge in [-0.05, 0) is 26.4 Å². The Morgan fingerprint density at radius 1 is 1.30 bits per heavy atom. The third kappa shape index (κ3) is 6.53. The largest absolute Gasteiger partial charge is 0.379 e. The summed E-state index contributed by atoms with van der Waals surface area (Å²) < 4.78 is 5.77. The molecular formula is C16H35N3O. The third-order valence-electron chi connectivity index (χ3n) is 4.15. The predicted octanol–water partition coefficient (Wildman–Crippen LogP) is 1.66. The van der Waals surface area contributed by atoms with Gasteiger partial charge >= 0.3 is 0 Å². The first kappa shape index (κ1) is 17.9. The lowest BCUT2D eigenvalue weighted by Crippen LogP contribution is -2.58. The number of rotatable bonds is 9. The van der Waals surface area contributed by atoms with Gasteiger partial charge < -0.3 is 15.0 Å². The van der Waals surface area contributed by atoms with E-state index in [0.29, 0.717) is 18.0 Å². The molecule has 4 heteroatoms. The maximum atomic E-state index is 5.77. The SMILES string of the molecule is CCCC1CN(CCOCCN(C)C)C(C(C)C)CN1. The lowest BCUT2D eigenvalue weighted by atomic mass is 9.97. The monoisotopic (exact) mass is 285 g/mol. The van der Waals surface area contributed by atoms with Crippen molar-refractivity contribution in [2.24, 2.45) is 5.92 Å². The van der Waals surface area contributed by atoms with Crippen molar-refractivity contribution >= 4 is 0 Å². The van der Waals surface area contributed by atoms with Crippen molar-refractivity contribution in [2.45, 2.75) is 45.7 Å². The van der Waals surface area contributed by atoms with Gasteiger partial charge in [-0.3, -0.25) is 4.90 Å². The third-order valence-corrected chi connectivity index (χ3v) is 4.15. The first-order valence-corrected chi connectivity index (χ1v) is 8.24. The molecule has 1 heterocycles. The Bertz CT molecular complexity index is 246. The molecule has 0 aromatic carbocycles. The molecule has 4 nitrogen and oxygen atoms in total. The van der Waals surface area contributed by atoms with E-state index < -0.39 is 0 Å². The average molecular weight is 285 g/mol. The van der Waals surface area contributed by atoms with Crippen molar-refractivity contribution in [3.05, 3.63) is 0 Å². The quantitative estimate of drug-likeness (QED) is 0.652. The highest BCUT2D eigenvalue weighted by Gasteiger charge is 2.28. The highest BCUT2D eigenvalue weighted by Crippen LogP contribution is 2.16. The fraction of sp³-hybridized carbons (Fsp3) is 1.00. The molecule has 0 radical (unpaired) electrons. The van der Waals surface area contributed by atoms with Crippen LogP contribution in [-0.2, 0) is 4.74 Å². The molecule has 1 aliphatic heterocycles. The Labute approximate surface area is 125 Å². The van der Waals surface area contributed by atoms with Crippen LogP contribution in [0.25, 0.3) is 0 Å². The summed E-state index contributed by atoms with van der Waals surface area (Å²) in [6, 6.07) is 1.32. The Morgan fingerprint density at radius 2 is 2.05 bits per heavy atom. The fourth-order valence-corrected chi connectivity index (χ4v) is 2.89. The molecule has 1 aliphatic rings. The van der Waals surface area contributed by atoms with Crippen LogP contribution in [0.1, 0.15) is 33.6 Å². The normalized spacial score (nSPS) is 24.8. The summed E-state index contributed by atoms with van der Waals surface area (Å²) in [4.78, 5) is 4.80. The van der Waals surface area contributed by atoms with Crippen molar-refractivity contribution in [2.75, 3.05) is 53.5 Å². The number of hydrogen-bond acceptors (Lipinski definition) is 4. The molecule has 0 bridgehead atoms. The van der Waals surface area contributed by atoms with Gasteiger partial charge in [0.25, 0.3) is 0 Å². The number of nitrogens with zero attached hydrogens (tertiary/aromatic N) is 2. The summed E-state index contributed by atoms with van der Waals surface area (Å²) in [5.41, 5.74) is 0. The van der Waals surface area contributed by atoms with Gasteiger partial charge in [0.05, 0.1) is 13.2 Å². The smallest absolute Gasteiger partial charge is 0.0594 e. The van der Waals surface area contributed by atoms with E-state index in [-0.39, 0.29) is 0 Å². The molecule has 2 atom stereocenters.